The molecule has 0 unspecified atom stereocenters. The van der Waals surface area contributed by atoms with Crippen molar-refractivity contribution in [2.24, 2.45) is 0 Å². The Morgan fingerprint density at radius 1 is 1.12 bits per heavy atom. The lowest BCUT2D eigenvalue weighted by molar-refractivity contribution is -0.125. The van der Waals surface area contributed by atoms with E-state index in [-0.39, 0.29) is 37.7 Å². The number of aliphatic hydroxyl groups is 4. The van der Waals surface area contributed by atoms with Crippen molar-refractivity contribution in [3.8, 4) is 0 Å². The van der Waals surface area contributed by atoms with Gasteiger partial charge in [-0.3, -0.25) is 19.6 Å². The normalized spacial score (nSPS) is 32.4. The van der Waals surface area contributed by atoms with Crippen LogP contribution in [0.15, 0.2) is 17.1 Å². The number of carbonyl (C=O) groups is 2. The standard InChI is InChI=1S/C9H13N3O3.C9H14N2O6/c10-7-3-4-12(9(14)11-7)8-2-1-6(5-13)15-8;12-3-4-6(14)7(15)8(17-4)11-2-1-5(13)10-9(11)16/h3-4,6,8,13H,1-2,5H2,(H2,10,11,14);4,6-8,12,14-15H,1-3H2,(H,10,13,16)/t6-,8+;4-,6-,7-,8-/m01/s1. The first kappa shape index (κ1) is 24.0. The second-order valence-electron chi connectivity index (χ2n) is 7.54. The Bertz CT molecular complexity index is 881. The highest BCUT2D eigenvalue weighted by Gasteiger charge is 2.47. The number of amides is 3. The van der Waals surface area contributed by atoms with E-state index in [4.69, 9.17) is 25.4 Å². The molecule has 1 aromatic heterocycles. The van der Waals surface area contributed by atoms with Gasteiger partial charge in [0.05, 0.1) is 19.3 Å². The maximum atomic E-state index is 11.5. The maximum Gasteiger partial charge on any atom is 0.351 e. The lowest BCUT2D eigenvalue weighted by Crippen LogP contribution is -2.56. The summed E-state index contributed by atoms with van der Waals surface area (Å²) in [7, 11) is 0. The molecule has 3 aliphatic heterocycles. The SMILES string of the molecule is Nc1ccn([C@H]2CC[C@@H](CO)O2)c(=O)n1.O=C1CCN([C@@H]2O[C@H](CO)[C@@H](O)[C@H]2O)C(=O)N1. The van der Waals surface area contributed by atoms with Crippen LogP contribution in [0.5, 0.6) is 0 Å². The molecular formula is C18H27N5O9. The quantitative estimate of drug-likeness (QED) is 0.266. The number of aromatic nitrogens is 2. The molecule has 14 heteroatoms. The van der Waals surface area contributed by atoms with Gasteiger partial charge in [0, 0.05) is 19.2 Å². The number of carbonyl (C=O) groups excluding carboxylic acids is 2. The average Bonchev–Trinajstić information content (AvgIpc) is 3.34. The van der Waals surface area contributed by atoms with Gasteiger partial charge in [0.1, 0.15) is 30.4 Å². The molecule has 0 saturated carbocycles. The van der Waals surface area contributed by atoms with Crippen LogP contribution in [0.1, 0.15) is 25.5 Å². The summed E-state index contributed by atoms with van der Waals surface area (Å²) in [5.41, 5.74) is 4.96. The van der Waals surface area contributed by atoms with Gasteiger partial charge in [0.15, 0.2) is 6.23 Å². The molecule has 4 heterocycles. The third-order valence-corrected chi connectivity index (χ3v) is 5.36. The second kappa shape index (κ2) is 10.3. The molecule has 4 rings (SSSR count). The van der Waals surface area contributed by atoms with Gasteiger partial charge >= 0.3 is 11.7 Å². The van der Waals surface area contributed by atoms with E-state index < -0.39 is 48.8 Å². The molecule has 0 aliphatic carbocycles. The summed E-state index contributed by atoms with van der Waals surface area (Å²) in [6.07, 6.45) is -1.92. The topological polar surface area (TPSA) is 210 Å². The van der Waals surface area contributed by atoms with Gasteiger partial charge in [-0.05, 0) is 18.9 Å². The van der Waals surface area contributed by atoms with Crippen molar-refractivity contribution in [1.29, 1.82) is 0 Å². The van der Waals surface area contributed by atoms with Gasteiger partial charge in [0.2, 0.25) is 5.91 Å². The van der Waals surface area contributed by atoms with Gasteiger partial charge in [-0.2, -0.15) is 4.98 Å². The largest absolute Gasteiger partial charge is 0.394 e. The molecule has 1 aromatic rings. The van der Waals surface area contributed by atoms with Crippen molar-refractivity contribution >= 4 is 17.8 Å². The summed E-state index contributed by atoms with van der Waals surface area (Å²) in [6.45, 7) is -0.367. The smallest absolute Gasteiger partial charge is 0.351 e. The molecule has 7 N–H and O–H groups in total. The molecule has 3 saturated heterocycles. The maximum absolute atomic E-state index is 11.5. The Morgan fingerprint density at radius 2 is 1.88 bits per heavy atom. The summed E-state index contributed by atoms with van der Waals surface area (Å²) < 4.78 is 12.0. The lowest BCUT2D eigenvalue weighted by Gasteiger charge is -2.32. The van der Waals surface area contributed by atoms with Crippen LogP contribution in [-0.2, 0) is 14.3 Å². The molecule has 0 spiro atoms. The molecule has 178 valence electrons. The number of nitrogens with zero attached hydrogens (tertiary/aromatic N) is 3. The number of aliphatic hydroxyl groups excluding tert-OH is 4. The predicted molar refractivity (Wildman–Crippen MR) is 106 cm³/mol. The molecule has 3 amide bonds. The van der Waals surface area contributed by atoms with Crippen LogP contribution in [0.25, 0.3) is 0 Å². The van der Waals surface area contributed by atoms with Crippen molar-refractivity contribution in [3.63, 3.8) is 0 Å². The first-order valence-electron chi connectivity index (χ1n) is 10.1. The van der Waals surface area contributed by atoms with Crippen LogP contribution >= 0.6 is 0 Å². The minimum Gasteiger partial charge on any atom is -0.394 e. The number of nitrogens with two attached hydrogens (primary N) is 1. The minimum atomic E-state index is -1.30. The zero-order valence-corrected chi connectivity index (χ0v) is 17.1. The Kier molecular flexibility index (Phi) is 7.76. The van der Waals surface area contributed by atoms with Crippen molar-refractivity contribution in [2.75, 3.05) is 25.5 Å². The van der Waals surface area contributed by atoms with E-state index in [1.165, 1.54) is 4.57 Å². The van der Waals surface area contributed by atoms with Crippen molar-refractivity contribution < 1.29 is 39.5 Å². The van der Waals surface area contributed by atoms with Crippen LogP contribution in [-0.4, -0.2) is 97.2 Å². The number of anilines is 1. The number of imide groups is 1. The van der Waals surface area contributed by atoms with Crippen molar-refractivity contribution in [2.45, 2.75) is 56.1 Å². The van der Waals surface area contributed by atoms with Gasteiger partial charge in [0.25, 0.3) is 0 Å². The van der Waals surface area contributed by atoms with E-state index >= 15 is 0 Å². The number of nitrogen functional groups attached to an aromatic ring is 1. The van der Waals surface area contributed by atoms with Crippen LogP contribution in [0.2, 0.25) is 0 Å². The summed E-state index contributed by atoms with van der Waals surface area (Å²) >= 11 is 0. The molecule has 6 atom stereocenters. The van der Waals surface area contributed by atoms with Crippen LogP contribution < -0.4 is 16.7 Å². The van der Waals surface area contributed by atoms with E-state index in [9.17, 15) is 24.6 Å². The van der Waals surface area contributed by atoms with E-state index in [0.717, 1.165) is 11.3 Å². The molecule has 3 aliphatic rings. The van der Waals surface area contributed by atoms with Gasteiger partial charge in [-0.25, -0.2) is 9.59 Å². The van der Waals surface area contributed by atoms with Gasteiger partial charge in [-0.15, -0.1) is 0 Å². The molecule has 3 fully saturated rings. The number of ether oxygens (including phenoxy) is 2. The summed E-state index contributed by atoms with van der Waals surface area (Å²) in [5.74, 6) is -0.189. The first-order chi connectivity index (χ1) is 15.2. The molecule has 0 bridgehead atoms. The van der Waals surface area contributed by atoms with E-state index in [1.54, 1.807) is 12.3 Å². The van der Waals surface area contributed by atoms with Crippen molar-refractivity contribution in [1.82, 2.24) is 19.8 Å². The Balaban J connectivity index is 0.000000182. The summed E-state index contributed by atoms with van der Waals surface area (Å²) in [6, 6.07) is 0.882. The monoisotopic (exact) mass is 457 g/mol. The van der Waals surface area contributed by atoms with Crippen LogP contribution in [0, 0.1) is 0 Å². The number of nitrogens with one attached hydrogen (secondary N) is 1. The summed E-state index contributed by atoms with van der Waals surface area (Å²) in [5, 5.41) is 39.1. The Hall–Kier alpha value is -2.62. The lowest BCUT2D eigenvalue weighted by atomic mass is 10.1. The van der Waals surface area contributed by atoms with Gasteiger partial charge < -0.3 is 35.6 Å². The minimum absolute atomic E-state index is 0.0202. The number of hydrogen-bond donors (Lipinski definition) is 6. The highest BCUT2D eigenvalue weighted by molar-refractivity contribution is 5.96. The average molecular weight is 457 g/mol. The zero-order valence-electron chi connectivity index (χ0n) is 17.1. The van der Waals surface area contributed by atoms with Crippen LogP contribution in [0.3, 0.4) is 0 Å². The second-order valence-corrected chi connectivity index (χ2v) is 7.54. The third kappa shape index (κ3) is 5.23. The Labute approximate surface area is 182 Å². The number of rotatable bonds is 4. The first-order valence-corrected chi connectivity index (χ1v) is 10.1. The van der Waals surface area contributed by atoms with E-state index in [1.807, 2.05) is 0 Å². The van der Waals surface area contributed by atoms with E-state index in [0.29, 0.717) is 6.42 Å². The van der Waals surface area contributed by atoms with Gasteiger partial charge in [-0.1, -0.05) is 0 Å². The predicted octanol–water partition coefficient (Wildman–Crippen LogP) is -3.14. The molecule has 0 radical (unpaired) electrons. The van der Waals surface area contributed by atoms with E-state index in [2.05, 4.69) is 10.3 Å². The van der Waals surface area contributed by atoms with Crippen LogP contribution in [0.4, 0.5) is 10.6 Å². The fourth-order valence-electron chi connectivity index (χ4n) is 3.63. The Morgan fingerprint density at radius 3 is 2.44 bits per heavy atom. The number of urea groups is 1. The molecule has 14 nitrogen and oxygen atoms in total. The zero-order chi connectivity index (χ0) is 23.4. The third-order valence-electron chi connectivity index (χ3n) is 5.36. The highest BCUT2D eigenvalue weighted by atomic mass is 16.6. The fourth-order valence-corrected chi connectivity index (χ4v) is 3.63. The van der Waals surface area contributed by atoms with Crippen molar-refractivity contribution in [3.05, 3.63) is 22.7 Å². The fraction of sp³-hybridized carbons (Fsp3) is 0.667. The molecule has 32 heavy (non-hydrogen) atoms. The highest BCUT2D eigenvalue weighted by Crippen LogP contribution is 2.27. The summed E-state index contributed by atoms with van der Waals surface area (Å²) in [4.78, 5) is 38.6. The number of hydrogen-bond acceptors (Lipinski definition) is 11. The molecular weight excluding hydrogens is 430 g/mol. The molecule has 0 aromatic carbocycles.